The molecule has 30 heavy (non-hydrogen) atoms. The van der Waals surface area contributed by atoms with Crippen molar-refractivity contribution in [1.29, 1.82) is 0 Å². The Labute approximate surface area is 178 Å². The maximum absolute atomic E-state index is 12.3. The van der Waals surface area contributed by atoms with Crippen LogP contribution in [0.25, 0.3) is 0 Å². The first-order chi connectivity index (χ1) is 14.2. The number of anilines is 1. The van der Waals surface area contributed by atoms with Gasteiger partial charge in [0.1, 0.15) is 0 Å². The van der Waals surface area contributed by atoms with E-state index in [4.69, 9.17) is 4.74 Å². The average molecular weight is 431 g/mol. The van der Waals surface area contributed by atoms with Crippen LogP contribution in [0.4, 0.5) is 5.69 Å². The van der Waals surface area contributed by atoms with E-state index in [0.29, 0.717) is 5.75 Å². The lowest BCUT2D eigenvalue weighted by atomic mass is 10.1. The minimum absolute atomic E-state index is 0.165. The largest absolute Gasteiger partial charge is 0.452 e. The zero-order valence-electron chi connectivity index (χ0n) is 17.6. The monoisotopic (exact) mass is 430 g/mol. The molecule has 160 valence electrons. The summed E-state index contributed by atoms with van der Waals surface area (Å²) in [6.07, 6.45) is 1.58. The number of para-hydroxylation sites is 1. The summed E-state index contributed by atoms with van der Waals surface area (Å²) in [6, 6.07) is 12.3. The Morgan fingerprint density at radius 2 is 1.70 bits per heavy atom. The number of rotatable bonds is 8. The fourth-order valence-electron chi connectivity index (χ4n) is 2.84. The van der Waals surface area contributed by atoms with Crippen molar-refractivity contribution in [3.8, 4) is 0 Å². The maximum atomic E-state index is 12.3. The lowest BCUT2D eigenvalue weighted by Gasteiger charge is -2.18. The summed E-state index contributed by atoms with van der Waals surface area (Å²) in [5.74, 6) is -1.15. The van der Waals surface area contributed by atoms with E-state index in [2.05, 4.69) is 5.32 Å². The third-order valence-electron chi connectivity index (χ3n) is 4.41. The summed E-state index contributed by atoms with van der Waals surface area (Å²) in [4.78, 5) is 37.9. The second-order valence-corrected chi connectivity index (χ2v) is 8.49. The zero-order chi connectivity index (χ0) is 22.3. The Balaban J connectivity index is 1.87. The van der Waals surface area contributed by atoms with Gasteiger partial charge in [-0.15, -0.1) is 0 Å². The molecule has 1 atom stereocenters. The first kappa shape index (κ1) is 23.3. The van der Waals surface area contributed by atoms with E-state index in [-0.39, 0.29) is 18.0 Å². The predicted molar refractivity (Wildman–Crippen MR) is 117 cm³/mol. The lowest BCUT2D eigenvalue weighted by Crippen LogP contribution is -2.37. The van der Waals surface area contributed by atoms with Gasteiger partial charge in [-0.25, -0.2) is 4.79 Å². The van der Waals surface area contributed by atoms with Gasteiger partial charge >= 0.3 is 5.97 Å². The number of ether oxygens (including phenoxy) is 1. The number of likely N-dealkylation sites (N-methyl/N-ethyl adjacent to an activating group) is 1. The standard InChI is InChI=1S/C22H26N2O5S/c1-15-7-5-8-16(2)21(15)23-19(25)12-24(3)20(26)13-29-22(27)18-10-6-9-17(11-18)14-30(4)28/h5-11H,12-14H2,1-4H3,(H,23,25). The number of hydrogen-bond acceptors (Lipinski definition) is 5. The Morgan fingerprint density at radius 3 is 2.33 bits per heavy atom. The van der Waals surface area contributed by atoms with E-state index in [0.717, 1.165) is 22.4 Å². The number of esters is 1. The smallest absolute Gasteiger partial charge is 0.338 e. The molecule has 0 saturated carbocycles. The molecule has 0 heterocycles. The molecular weight excluding hydrogens is 404 g/mol. The van der Waals surface area contributed by atoms with E-state index in [1.807, 2.05) is 32.0 Å². The highest BCUT2D eigenvalue weighted by molar-refractivity contribution is 7.83. The van der Waals surface area contributed by atoms with Gasteiger partial charge in [-0.2, -0.15) is 0 Å². The second-order valence-electron chi connectivity index (χ2n) is 7.06. The summed E-state index contributed by atoms with van der Waals surface area (Å²) < 4.78 is 16.4. The normalized spacial score (nSPS) is 11.5. The summed E-state index contributed by atoms with van der Waals surface area (Å²) in [6.45, 7) is 3.14. The van der Waals surface area contributed by atoms with Crippen LogP contribution in [0.15, 0.2) is 42.5 Å². The van der Waals surface area contributed by atoms with Crippen LogP contribution >= 0.6 is 0 Å². The molecule has 2 rings (SSSR count). The molecule has 0 radical (unpaired) electrons. The van der Waals surface area contributed by atoms with Gasteiger partial charge in [-0.05, 0) is 42.7 Å². The van der Waals surface area contributed by atoms with E-state index in [1.165, 1.54) is 11.9 Å². The van der Waals surface area contributed by atoms with Crippen molar-refractivity contribution in [3.05, 3.63) is 64.7 Å². The molecule has 1 N–H and O–H groups in total. The molecule has 0 aliphatic rings. The first-order valence-electron chi connectivity index (χ1n) is 9.33. The number of nitrogens with one attached hydrogen (secondary N) is 1. The molecule has 0 aliphatic heterocycles. The lowest BCUT2D eigenvalue weighted by molar-refractivity contribution is -0.136. The van der Waals surface area contributed by atoms with Crippen LogP contribution in [0.5, 0.6) is 0 Å². The van der Waals surface area contributed by atoms with Crippen molar-refractivity contribution in [1.82, 2.24) is 4.90 Å². The number of carbonyl (C=O) groups excluding carboxylic acids is 3. The quantitative estimate of drug-likeness (QED) is 0.650. The van der Waals surface area contributed by atoms with Crippen molar-refractivity contribution in [2.24, 2.45) is 0 Å². The third kappa shape index (κ3) is 6.81. The summed E-state index contributed by atoms with van der Waals surface area (Å²) in [7, 11) is 0.440. The molecule has 2 aromatic carbocycles. The number of aryl methyl sites for hydroxylation is 2. The fraction of sp³-hybridized carbons (Fsp3) is 0.318. The summed E-state index contributed by atoms with van der Waals surface area (Å²) in [5, 5.41) is 2.81. The van der Waals surface area contributed by atoms with Crippen molar-refractivity contribution in [3.63, 3.8) is 0 Å². The number of hydrogen-bond donors (Lipinski definition) is 1. The first-order valence-corrected chi connectivity index (χ1v) is 11.1. The van der Waals surface area contributed by atoms with Gasteiger partial charge in [-0.1, -0.05) is 30.3 Å². The fourth-order valence-corrected chi connectivity index (χ4v) is 3.49. The molecule has 0 spiro atoms. The molecule has 0 bridgehead atoms. The van der Waals surface area contributed by atoms with E-state index in [1.54, 1.807) is 30.5 Å². The van der Waals surface area contributed by atoms with Crippen LogP contribution in [0.3, 0.4) is 0 Å². The molecule has 0 aromatic heterocycles. The number of amides is 2. The minimum atomic E-state index is -1.03. The van der Waals surface area contributed by atoms with Crippen LogP contribution in [-0.2, 0) is 30.9 Å². The Morgan fingerprint density at radius 1 is 1.07 bits per heavy atom. The Bertz CT molecular complexity index is 954. The van der Waals surface area contributed by atoms with Gasteiger partial charge < -0.3 is 15.0 Å². The molecule has 1 unspecified atom stereocenters. The van der Waals surface area contributed by atoms with E-state index < -0.39 is 29.3 Å². The van der Waals surface area contributed by atoms with Crippen LogP contribution in [0, 0.1) is 13.8 Å². The molecule has 7 nitrogen and oxygen atoms in total. The van der Waals surface area contributed by atoms with Crippen molar-refractivity contribution < 1.29 is 23.3 Å². The van der Waals surface area contributed by atoms with Gasteiger partial charge in [-0.3, -0.25) is 13.8 Å². The molecular formula is C22H26N2O5S. The molecule has 8 heteroatoms. The highest BCUT2D eigenvalue weighted by Crippen LogP contribution is 2.19. The van der Waals surface area contributed by atoms with Crippen molar-refractivity contribution in [2.75, 3.05) is 31.8 Å². The Hall–Kier alpha value is -3.00. The molecule has 0 saturated heterocycles. The summed E-state index contributed by atoms with van der Waals surface area (Å²) >= 11 is 0. The zero-order valence-corrected chi connectivity index (χ0v) is 18.4. The van der Waals surface area contributed by atoms with Crippen molar-refractivity contribution in [2.45, 2.75) is 19.6 Å². The van der Waals surface area contributed by atoms with Gasteiger partial charge in [0, 0.05) is 35.5 Å². The van der Waals surface area contributed by atoms with Crippen LogP contribution in [-0.4, -0.2) is 53.3 Å². The molecule has 2 aromatic rings. The van der Waals surface area contributed by atoms with Crippen LogP contribution in [0.2, 0.25) is 0 Å². The van der Waals surface area contributed by atoms with E-state index >= 15 is 0 Å². The van der Waals surface area contributed by atoms with Crippen LogP contribution in [0.1, 0.15) is 27.0 Å². The minimum Gasteiger partial charge on any atom is -0.452 e. The second kappa shape index (κ2) is 10.7. The van der Waals surface area contributed by atoms with Gasteiger partial charge in [0.2, 0.25) is 5.91 Å². The predicted octanol–water partition coefficient (Wildman–Crippen LogP) is 2.44. The third-order valence-corrected chi connectivity index (χ3v) is 5.15. The van der Waals surface area contributed by atoms with Crippen LogP contribution < -0.4 is 5.32 Å². The maximum Gasteiger partial charge on any atom is 0.338 e. The molecule has 0 aliphatic carbocycles. The number of nitrogens with zero attached hydrogens (tertiary/aromatic N) is 1. The Kier molecular flexibility index (Phi) is 8.29. The van der Waals surface area contributed by atoms with Gasteiger partial charge in [0.15, 0.2) is 6.61 Å². The molecule has 0 fully saturated rings. The highest BCUT2D eigenvalue weighted by atomic mass is 32.2. The highest BCUT2D eigenvalue weighted by Gasteiger charge is 2.17. The topological polar surface area (TPSA) is 92.8 Å². The van der Waals surface area contributed by atoms with Gasteiger partial charge in [0.25, 0.3) is 5.91 Å². The average Bonchev–Trinajstić information content (AvgIpc) is 2.68. The van der Waals surface area contributed by atoms with Crippen molar-refractivity contribution >= 4 is 34.3 Å². The van der Waals surface area contributed by atoms with E-state index in [9.17, 15) is 18.6 Å². The number of carbonyl (C=O) groups is 3. The molecule has 2 amide bonds. The van der Waals surface area contributed by atoms with Gasteiger partial charge in [0.05, 0.1) is 12.1 Å². The SMILES string of the molecule is Cc1cccc(C)c1NC(=O)CN(C)C(=O)COC(=O)c1cccc(CS(C)=O)c1. The summed E-state index contributed by atoms with van der Waals surface area (Å²) in [5.41, 5.74) is 3.61. The number of benzene rings is 2.